The fourth-order valence-electron chi connectivity index (χ4n) is 2.67. The zero-order valence-corrected chi connectivity index (χ0v) is 12.8. The minimum Gasteiger partial charge on any atom is -0.372 e. The molecule has 1 aromatic heterocycles. The number of rotatable bonds is 4. The van der Waals surface area contributed by atoms with E-state index in [0.29, 0.717) is 12.7 Å². The minimum atomic E-state index is 0.295. The molecule has 20 heavy (non-hydrogen) atoms. The molecule has 1 fully saturated rings. The van der Waals surface area contributed by atoms with Crippen LogP contribution in [0.25, 0.3) is 10.9 Å². The maximum atomic E-state index is 5.76. The highest BCUT2D eigenvalue weighted by Gasteiger charge is 2.24. The third-order valence-corrected chi connectivity index (χ3v) is 4.11. The van der Waals surface area contributed by atoms with E-state index in [1.165, 1.54) is 11.1 Å². The van der Waals surface area contributed by atoms with Gasteiger partial charge in [0, 0.05) is 34.8 Å². The summed E-state index contributed by atoms with van der Waals surface area (Å²) >= 11 is 3.54. The Kier molecular flexibility index (Phi) is 4.03. The van der Waals surface area contributed by atoms with Crippen LogP contribution in [0.3, 0.4) is 0 Å². The first-order chi connectivity index (χ1) is 9.78. The number of nitrogens with zero attached hydrogens (tertiary/aromatic N) is 2. The first-order valence-corrected chi connectivity index (χ1v) is 7.59. The van der Waals surface area contributed by atoms with Gasteiger partial charge in [0.05, 0.1) is 18.2 Å². The fraction of sp³-hybridized carbons (Fsp3) is 0.312. The van der Waals surface area contributed by atoms with Crippen LogP contribution in [0.1, 0.15) is 6.42 Å². The van der Waals surface area contributed by atoms with Crippen molar-refractivity contribution in [3.63, 3.8) is 0 Å². The third kappa shape index (κ3) is 2.72. The summed E-state index contributed by atoms with van der Waals surface area (Å²) in [5.74, 6) is 0. The number of fused-ring (bicyclic) bond motifs is 1. The van der Waals surface area contributed by atoms with Crippen LogP contribution in [0.5, 0.6) is 0 Å². The highest BCUT2D eigenvalue weighted by atomic mass is 79.9. The molecule has 3 nitrogen and oxygen atoms in total. The Labute approximate surface area is 127 Å². The zero-order valence-electron chi connectivity index (χ0n) is 11.3. The number of anilines is 1. The normalized spacial score (nSPS) is 18.6. The molecule has 0 aliphatic carbocycles. The summed E-state index contributed by atoms with van der Waals surface area (Å²) in [6.45, 7) is 6.27. The van der Waals surface area contributed by atoms with Gasteiger partial charge in [0.1, 0.15) is 0 Å². The molecule has 1 aliphatic rings. The molecule has 0 saturated carbocycles. The Balaban J connectivity index is 1.87. The Morgan fingerprint density at radius 1 is 1.45 bits per heavy atom. The van der Waals surface area contributed by atoms with Crippen molar-refractivity contribution in [2.24, 2.45) is 0 Å². The number of halogens is 1. The molecule has 1 atom stereocenters. The number of benzene rings is 1. The third-order valence-electron chi connectivity index (χ3n) is 3.62. The van der Waals surface area contributed by atoms with E-state index in [0.717, 1.165) is 29.5 Å². The van der Waals surface area contributed by atoms with E-state index in [-0.39, 0.29) is 0 Å². The average Bonchev–Trinajstić information content (AvgIpc) is 2.93. The van der Waals surface area contributed by atoms with Crippen LogP contribution in [0, 0.1) is 0 Å². The molecule has 4 heteroatoms. The molecule has 0 N–H and O–H groups in total. The quantitative estimate of drug-likeness (QED) is 0.797. The zero-order chi connectivity index (χ0) is 13.9. The van der Waals surface area contributed by atoms with E-state index in [4.69, 9.17) is 4.74 Å². The predicted octanol–water partition coefficient (Wildman–Crippen LogP) is 3.78. The first kappa shape index (κ1) is 13.6. The molecular formula is C16H17BrN2O. The van der Waals surface area contributed by atoms with Crippen molar-refractivity contribution in [1.82, 2.24) is 4.98 Å². The van der Waals surface area contributed by atoms with Gasteiger partial charge >= 0.3 is 0 Å². The average molecular weight is 333 g/mol. The Morgan fingerprint density at radius 2 is 2.35 bits per heavy atom. The maximum Gasteiger partial charge on any atom is 0.0771 e. The Bertz CT molecular complexity index is 629. The van der Waals surface area contributed by atoms with E-state index in [9.17, 15) is 0 Å². The van der Waals surface area contributed by atoms with E-state index < -0.39 is 0 Å². The first-order valence-electron chi connectivity index (χ1n) is 6.79. The van der Waals surface area contributed by atoms with Gasteiger partial charge in [-0.05, 0) is 30.7 Å². The lowest BCUT2D eigenvalue weighted by atomic mass is 10.2. The molecule has 2 aromatic rings. The number of hydrogen-bond donors (Lipinski definition) is 0. The van der Waals surface area contributed by atoms with Crippen molar-refractivity contribution in [3.8, 4) is 0 Å². The van der Waals surface area contributed by atoms with Crippen LogP contribution in [0.4, 0.5) is 5.69 Å². The largest absolute Gasteiger partial charge is 0.372 e. The van der Waals surface area contributed by atoms with Crippen molar-refractivity contribution in [3.05, 3.63) is 47.6 Å². The summed E-state index contributed by atoms with van der Waals surface area (Å²) in [7, 11) is 0. The lowest BCUT2D eigenvalue weighted by molar-refractivity contribution is 0.0909. The van der Waals surface area contributed by atoms with E-state index in [1.807, 2.05) is 24.4 Å². The summed E-state index contributed by atoms with van der Waals surface area (Å²) in [5, 5.41) is 1.19. The molecule has 1 aliphatic heterocycles. The maximum absolute atomic E-state index is 5.76. The van der Waals surface area contributed by atoms with Gasteiger partial charge in [-0.3, -0.25) is 4.98 Å². The molecule has 104 valence electrons. The van der Waals surface area contributed by atoms with Gasteiger partial charge in [-0.25, -0.2) is 0 Å². The second-order valence-electron chi connectivity index (χ2n) is 4.97. The molecule has 1 saturated heterocycles. The van der Waals surface area contributed by atoms with Gasteiger partial charge in [0.15, 0.2) is 0 Å². The van der Waals surface area contributed by atoms with Crippen molar-refractivity contribution in [2.45, 2.75) is 12.5 Å². The van der Waals surface area contributed by atoms with Crippen LogP contribution >= 0.6 is 15.9 Å². The molecule has 0 bridgehead atoms. The molecule has 0 spiro atoms. The van der Waals surface area contributed by atoms with Gasteiger partial charge in [-0.2, -0.15) is 0 Å². The van der Waals surface area contributed by atoms with Gasteiger partial charge in [0.25, 0.3) is 0 Å². The van der Waals surface area contributed by atoms with Crippen LogP contribution in [0.15, 0.2) is 47.6 Å². The van der Waals surface area contributed by atoms with Crippen LogP contribution in [-0.4, -0.2) is 30.8 Å². The Morgan fingerprint density at radius 3 is 3.20 bits per heavy atom. The SMILES string of the molecule is C=CCOC1CCN(c2ccnc3ccc(Br)cc23)C1. The topological polar surface area (TPSA) is 25.4 Å². The van der Waals surface area contributed by atoms with Crippen LogP contribution in [-0.2, 0) is 4.74 Å². The standard InChI is InChI=1S/C16H17BrN2O/c1-2-9-20-13-6-8-19(11-13)16-5-7-18-15-4-3-12(17)10-14(15)16/h2-5,7,10,13H,1,6,8-9,11H2. The van der Waals surface area contributed by atoms with Gasteiger partial charge in [-0.1, -0.05) is 22.0 Å². The number of hydrogen-bond acceptors (Lipinski definition) is 3. The van der Waals surface area contributed by atoms with E-state index >= 15 is 0 Å². The second kappa shape index (κ2) is 5.94. The fourth-order valence-corrected chi connectivity index (χ4v) is 3.03. The number of ether oxygens (including phenoxy) is 1. The summed E-state index contributed by atoms with van der Waals surface area (Å²) in [5.41, 5.74) is 2.27. The van der Waals surface area contributed by atoms with Crippen LogP contribution in [0.2, 0.25) is 0 Å². The van der Waals surface area contributed by atoms with Gasteiger partial charge < -0.3 is 9.64 Å². The molecule has 0 amide bonds. The van der Waals surface area contributed by atoms with Gasteiger partial charge in [-0.15, -0.1) is 6.58 Å². The number of aromatic nitrogens is 1. The molecule has 1 aromatic carbocycles. The molecular weight excluding hydrogens is 316 g/mol. The van der Waals surface area contributed by atoms with Crippen molar-refractivity contribution < 1.29 is 4.74 Å². The summed E-state index contributed by atoms with van der Waals surface area (Å²) in [6.07, 6.45) is 5.04. The number of pyridine rings is 1. The van der Waals surface area contributed by atoms with Gasteiger partial charge in [0.2, 0.25) is 0 Å². The summed E-state index contributed by atoms with van der Waals surface area (Å²) in [4.78, 5) is 6.81. The monoisotopic (exact) mass is 332 g/mol. The Hall–Kier alpha value is -1.39. The predicted molar refractivity (Wildman–Crippen MR) is 86.2 cm³/mol. The van der Waals surface area contributed by atoms with Crippen LogP contribution < -0.4 is 4.90 Å². The molecule has 1 unspecified atom stereocenters. The minimum absolute atomic E-state index is 0.295. The summed E-state index contributed by atoms with van der Waals surface area (Å²) < 4.78 is 6.84. The highest BCUT2D eigenvalue weighted by molar-refractivity contribution is 9.10. The smallest absolute Gasteiger partial charge is 0.0771 e. The van der Waals surface area contributed by atoms with Crippen molar-refractivity contribution >= 4 is 32.5 Å². The van der Waals surface area contributed by atoms with E-state index in [1.54, 1.807) is 0 Å². The lowest BCUT2D eigenvalue weighted by Gasteiger charge is -2.20. The van der Waals surface area contributed by atoms with Crippen molar-refractivity contribution in [2.75, 3.05) is 24.6 Å². The lowest BCUT2D eigenvalue weighted by Crippen LogP contribution is -2.23. The summed E-state index contributed by atoms with van der Waals surface area (Å²) in [6, 6.07) is 8.30. The second-order valence-corrected chi connectivity index (χ2v) is 5.89. The molecule has 3 rings (SSSR count). The molecule has 0 radical (unpaired) electrons. The van der Waals surface area contributed by atoms with E-state index in [2.05, 4.69) is 44.5 Å². The highest BCUT2D eigenvalue weighted by Crippen LogP contribution is 2.30. The van der Waals surface area contributed by atoms with Crippen molar-refractivity contribution in [1.29, 1.82) is 0 Å². The molecule has 2 heterocycles.